The highest BCUT2D eigenvalue weighted by Crippen LogP contribution is 2.23. The standard InChI is InChI=1S/C8H15NO2S/c1-8(3-2-5-11-8)7-12(10)6-4-9/h2,5H,3-4,6-7,9H2,1H3. The number of hydrogen-bond acceptors (Lipinski definition) is 3. The van der Waals surface area contributed by atoms with Crippen molar-refractivity contribution in [3.05, 3.63) is 12.3 Å². The number of hydrogen-bond donors (Lipinski definition) is 1. The summed E-state index contributed by atoms with van der Waals surface area (Å²) in [6.07, 6.45) is 4.49. The minimum absolute atomic E-state index is 0.250. The fraction of sp³-hybridized carbons (Fsp3) is 0.750. The van der Waals surface area contributed by atoms with E-state index in [1.165, 1.54) is 0 Å². The Balaban J connectivity index is 2.34. The topological polar surface area (TPSA) is 52.3 Å². The minimum atomic E-state index is -0.839. The third kappa shape index (κ3) is 2.60. The maximum absolute atomic E-state index is 11.3. The average Bonchev–Trinajstić information content (AvgIpc) is 2.36. The molecule has 0 spiro atoms. The van der Waals surface area contributed by atoms with Gasteiger partial charge in [0.2, 0.25) is 0 Å². The van der Waals surface area contributed by atoms with Gasteiger partial charge in [-0.2, -0.15) is 0 Å². The molecule has 70 valence electrons. The van der Waals surface area contributed by atoms with Gasteiger partial charge >= 0.3 is 0 Å². The zero-order valence-corrected chi connectivity index (χ0v) is 8.10. The van der Waals surface area contributed by atoms with Crippen molar-refractivity contribution in [3.8, 4) is 0 Å². The van der Waals surface area contributed by atoms with E-state index in [9.17, 15) is 4.21 Å². The third-order valence-electron chi connectivity index (χ3n) is 1.81. The highest BCUT2D eigenvalue weighted by atomic mass is 32.2. The molecule has 0 aromatic rings. The predicted molar refractivity (Wildman–Crippen MR) is 50.2 cm³/mol. The van der Waals surface area contributed by atoms with Crippen LogP contribution in [0.25, 0.3) is 0 Å². The SMILES string of the molecule is CC1(CS(=O)CCN)CC=CO1. The van der Waals surface area contributed by atoms with Crippen LogP contribution in [0.1, 0.15) is 13.3 Å². The van der Waals surface area contributed by atoms with E-state index in [1.54, 1.807) is 6.26 Å². The van der Waals surface area contributed by atoms with Gasteiger partial charge < -0.3 is 10.5 Å². The predicted octanol–water partition coefficient (Wildman–Crippen LogP) is 0.387. The van der Waals surface area contributed by atoms with Crippen LogP contribution < -0.4 is 5.73 Å². The minimum Gasteiger partial charge on any atom is -0.494 e. The van der Waals surface area contributed by atoms with Gasteiger partial charge in [0, 0.05) is 29.5 Å². The molecule has 0 aromatic heterocycles. The molecule has 0 saturated carbocycles. The second-order valence-corrected chi connectivity index (χ2v) is 4.80. The lowest BCUT2D eigenvalue weighted by Crippen LogP contribution is -2.32. The molecular formula is C8H15NO2S. The fourth-order valence-electron chi connectivity index (χ4n) is 1.20. The zero-order valence-electron chi connectivity index (χ0n) is 7.29. The van der Waals surface area contributed by atoms with E-state index in [-0.39, 0.29) is 5.60 Å². The van der Waals surface area contributed by atoms with Crippen LogP contribution in [-0.2, 0) is 15.5 Å². The van der Waals surface area contributed by atoms with E-state index in [0.717, 1.165) is 6.42 Å². The van der Waals surface area contributed by atoms with Crippen molar-refractivity contribution in [1.29, 1.82) is 0 Å². The first-order valence-electron chi connectivity index (χ1n) is 4.04. The quantitative estimate of drug-likeness (QED) is 0.696. The van der Waals surface area contributed by atoms with Gasteiger partial charge in [-0.1, -0.05) is 0 Å². The summed E-state index contributed by atoms with van der Waals surface area (Å²) in [7, 11) is -0.839. The molecule has 4 heteroatoms. The molecule has 0 saturated heterocycles. The van der Waals surface area contributed by atoms with Crippen LogP contribution in [0.2, 0.25) is 0 Å². The molecule has 1 aliphatic heterocycles. The van der Waals surface area contributed by atoms with Gasteiger partial charge in [0.25, 0.3) is 0 Å². The van der Waals surface area contributed by atoms with E-state index in [2.05, 4.69) is 0 Å². The first-order chi connectivity index (χ1) is 5.66. The molecule has 2 atom stereocenters. The van der Waals surface area contributed by atoms with E-state index in [0.29, 0.717) is 18.1 Å². The molecule has 3 nitrogen and oxygen atoms in total. The van der Waals surface area contributed by atoms with Crippen LogP contribution in [0.15, 0.2) is 12.3 Å². The summed E-state index contributed by atoms with van der Waals surface area (Å²) < 4.78 is 16.7. The maximum atomic E-state index is 11.3. The Morgan fingerprint density at radius 2 is 2.50 bits per heavy atom. The van der Waals surface area contributed by atoms with Crippen molar-refractivity contribution in [1.82, 2.24) is 0 Å². The largest absolute Gasteiger partial charge is 0.494 e. The Morgan fingerprint density at radius 1 is 1.75 bits per heavy atom. The molecule has 1 heterocycles. The molecule has 0 radical (unpaired) electrons. The lowest BCUT2D eigenvalue weighted by atomic mass is 10.1. The normalized spacial score (nSPS) is 30.2. The van der Waals surface area contributed by atoms with Crippen molar-refractivity contribution in [2.75, 3.05) is 18.1 Å². The van der Waals surface area contributed by atoms with Gasteiger partial charge in [-0.05, 0) is 13.0 Å². The average molecular weight is 189 g/mol. The smallest absolute Gasteiger partial charge is 0.120 e. The Morgan fingerprint density at radius 3 is 3.00 bits per heavy atom. The Bertz CT molecular complexity index is 195. The van der Waals surface area contributed by atoms with Crippen LogP contribution >= 0.6 is 0 Å². The van der Waals surface area contributed by atoms with Gasteiger partial charge in [-0.25, -0.2) is 0 Å². The number of nitrogens with two attached hydrogens (primary N) is 1. The van der Waals surface area contributed by atoms with Gasteiger partial charge in [-0.3, -0.25) is 4.21 Å². The number of ether oxygens (including phenoxy) is 1. The fourth-order valence-corrected chi connectivity index (χ4v) is 2.47. The van der Waals surface area contributed by atoms with Gasteiger partial charge in [-0.15, -0.1) is 0 Å². The van der Waals surface area contributed by atoms with E-state index >= 15 is 0 Å². The van der Waals surface area contributed by atoms with Crippen molar-refractivity contribution < 1.29 is 8.95 Å². The highest BCUT2D eigenvalue weighted by Gasteiger charge is 2.29. The van der Waals surface area contributed by atoms with Crippen LogP contribution in [0.5, 0.6) is 0 Å². The molecule has 1 rings (SSSR count). The van der Waals surface area contributed by atoms with Crippen LogP contribution in [0, 0.1) is 0 Å². The molecule has 2 unspecified atom stereocenters. The van der Waals surface area contributed by atoms with E-state index < -0.39 is 10.8 Å². The second kappa shape index (κ2) is 4.05. The lowest BCUT2D eigenvalue weighted by molar-refractivity contribution is 0.0868. The summed E-state index contributed by atoms with van der Waals surface area (Å²) in [5.74, 6) is 1.15. The summed E-state index contributed by atoms with van der Waals surface area (Å²) in [5, 5.41) is 0. The summed E-state index contributed by atoms with van der Waals surface area (Å²) in [4.78, 5) is 0. The Hall–Kier alpha value is -0.350. The molecular weight excluding hydrogens is 174 g/mol. The second-order valence-electron chi connectivity index (χ2n) is 3.22. The Kier molecular flexibility index (Phi) is 3.29. The van der Waals surface area contributed by atoms with Crippen LogP contribution in [0.3, 0.4) is 0 Å². The molecule has 0 aliphatic carbocycles. The molecule has 0 bridgehead atoms. The molecule has 2 N–H and O–H groups in total. The third-order valence-corrected chi connectivity index (χ3v) is 3.43. The van der Waals surface area contributed by atoms with Crippen LogP contribution in [-0.4, -0.2) is 27.9 Å². The van der Waals surface area contributed by atoms with Crippen molar-refractivity contribution >= 4 is 10.8 Å². The molecule has 12 heavy (non-hydrogen) atoms. The first kappa shape index (κ1) is 9.74. The molecule has 0 aromatic carbocycles. The molecule has 1 aliphatic rings. The molecule has 0 fully saturated rings. The van der Waals surface area contributed by atoms with E-state index in [1.807, 2.05) is 13.0 Å². The summed E-state index contributed by atoms with van der Waals surface area (Å²) >= 11 is 0. The van der Waals surface area contributed by atoms with E-state index in [4.69, 9.17) is 10.5 Å². The van der Waals surface area contributed by atoms with Crippen molar-refractivity contribution in [2.45, 2.75) is 18.9 Å². The van der Waals surface area contributed by atoms with Crippen LogP contribution in [0.4, 0.5) is 0 Å². The van der Waals surface area contributed by atoms with Gasteiger partial charge in [0.05, 0.1) is 12.0 Å². The molecule has 0 amide bonds. The van der Waals surface area contributed by atoms with Crippen molar-refractivity contribution in [3.63, 3.8) is 0 Å². The summed E-state index contributed by atoms with van der Waals surface area (Å²) in [6.45, 7) is 2.46. The monoisotopic (exact) mass is 189 g/mol. The van der Waals surface area contributed by atoms with Gasteiger partial charge in [0.1, 0.15) is 5.60 Å². The first-order valence-corrected chi connectivity index (χ1v) is 5.53. The van der Waals surface area contributed by atoms with Crippen molar-refractivity contribution in [2.24, 2.45) is 5.73 Å². The Labute approximate surface area is 75.4 Å². The maximum Gasteiger partial charge on any atom is 0.120 e. The number of rotatable bonds is 4. The summed E-state index contributed by atoms with van der Waals surface area (Å²) in [5.41, 5.74) is 5.05. The zero-order chi connectivity index (χ0) is 9.03. The highest BCUT2D eigenvalue weighted by molar-refractivity contribution is 7.85. The lowest BCUT2D eigenvalue weighted by Gasteiger charge is -2.22. The summed E-state index contributed by atoms with van der Waals surface area (Å²) in [6, 6.07) is 0. The van der Waals surface area contributed by atoms with Gasteiger partial charge in [0.15, 0.2) is 0 Å².